The molecule has 140 valence electrons. The van der Waals surface area contributed by atoms with Gasteiger partial charge < -0.3 is 19.9 Å². The van der Waals surface area contributed by atoms with Crippen LogP contribution < -0.4 is 5.32 Å². The van der Waals surface area contributed by atoms with E-state index < -0.39 is 29.8 Å². The van der Waals surface area contributed by atoms with Gasteiger partial charge in [-0.05, 0) is 33.6 Å². The number of amides is 2. The molecule has 0 aliphatic carbocycles. The molecule has 9 heteroatoms. The van der Waals surface area contributed by atoms with Crippen LogP contribution in [-0.2, 0) is 11.2 Å². The number of aryl methyl sites for hydroxylation is 1. The summed E-state index contributed by atoms with van der Waals surface area (Å²) in [5.41, 5.74) is 0.0205. The number of halogens is 2. The molecule has 0 radical (unpaired) electrons. The number of hydrogen-bond donors (Lipinski definition) is 2. The van der Waals surface area contributed by atoms with Crippen molar-refractivity contribution >= 4 is 23.6 Å². The van der Waals surface area contributed by atoms with Crippen molar-refractivity contribution in [2.75, 3.05) is 13.1 Å². The zero-order chi connectivity index (χ0) is 18.8. The number of carbonyl (C=O) groups is 2. The maximum atomic E-state index is 14.4. The van der Waals surface area contributed by atoms with Crippen molar-refractivity contribution in [1.29, 1.82) is 0 Å². The van der Waals surface area contributed by atoms with Crippen LogP contribution >= 0.6 is 11.6 Å². The first kappa shape index (κ1) is 19.5. The summed E-state index contributed by atoms with van der Waals surface area (Å²) in [6.45, 7) is 7.32. The van der Waals surface area contributed by atoms with Crippen LogP contribution in [0.4, 0.5) is 9.18 Å². The molecular weight excluding hydrogens is 351 g/mol. The number of H-pyrrole nitrogens is 1. The van der Waals surface area contributed by atoms with E-state index in [4.69, 9.17) is 16.3 Å². The predicted octanol–water partition coefficient (Wildman–Crippen LogP) is 2.70. The zero-order valence-electron chi connectivity index (χ0n) is 14.9. The van der Waals surface area contributed by atoms with Crippen molar-refractivity contribution in [1.82, 2.24) is 20.2 Å². The highest BCUT2D eigenvalue weighted by Gasteiger charge is 2.35. The lowest BCUT2D eigenvalue weighted by Gasteiger charge is -2.35. The fourth-order valence-corrected chi connectivity index (χ4v) is 2.79. The summed E-state index contributed by atoms with van der Waals surface area (Å²) in [5, 5.41) is 2.85. The molecule has 2 rings (SSSR count). The first-order valence-electron chi connectivity index (χ1n) is 8.28. The normalized spacial score (nSPS) is 21.1. The van der Waals surface area contributed by atoms with Gasteiger partial charge >= 0.3 is 6.09 Å². The summed E-state index contributed by atoms with van der Waals surface area (Å²) in [6, 6.07) is -0.694. The predicted molar refractivity (Wildman–Crippen MR) is 91.5 cm³/mol. The SMILES string of the molecule is CCc1[nH]c(C(=O)N[C@@H]2CCN(C(=O)OC(C)(C)C)C[C@H]2F)nc1Cl. The van der Waals surface area contributed by atoms with Crippen LogP contribution in [0.3, 0.4) is 0 Å². The minimum atomic E-state index is -1.39. The number of piperidine rings is 1. The lowest BCUT2D eigenvalue weighted by Crippen LogP contribution is -2.54. The van der Waals surface area contributed by atoms with E-state index in [1.54, 1.807) is 20.8 Å². The van der Waals surface area contributed by atoms with Gasteiger partial charge in [-0.1, -0.05) is 18.5 Å². The van der Waals surface area contributed by atoms with E-state index in [0.29, 0.717) is 25.1 Å². The molecule has 2 heterocycles. The molecule has 0 unspecified atom stereocenters. The Morgan fingerprint density at radius 2 is 2.16 bits per heavy atom. The Hall–Kier alpha value is -1.83. The van der Waals surface area contributed by atoms with Crippen LogP contribution in [0.25, 0.3) is 0 Å². The molecule has 1 aromatic heterocycles. The third-order valence-electron chi connectivity index (χ3n) is 3.81. The van der Waals surface area contributed by atoms with Crippen molar-refractivity contribution in [3.63, 3.8) is 0 Å². The van der Waals surface area contributed by atoms with E-state index >= 15 is 0 Å². The smallest absolute Gasteiger partial charge is 0.410 e. The van der Waals surface area contributed by atoms with Gasteiger partial charge in [0.15, 0.2) is 11.0 Å². The first-order chi connectivity index (χ1) is 11.6. The number of alkyl halides is 1. The van der Waals surface area contributed by atoms with Crippen LogP contribution in [0.2, 0.25) is 5.15 Å². The minimum Gasteiger partial charge on any atom is -0.444 e. The molecule has 25 heavy (non-hydrogen) atoms. The van der Waals surface area contributed by atoms with Gasteiger partial charge in [0.25, 0.3) is 5.91 Å². The van der Waals surface area contributed by atoms with E-state index in [-0.39, 0.29) is 17.5 Å². The first-order valence-corrected chi connectivity index (χ1v) is 8.65. The van der Waals surface area contributed by atoms with Crippen LogP contribution in [0, 0.1) is 0 Å². The molecule has 1 aromatic rings. The number of ether oxygens (including phenoxy) is 1. The average Bonchev–Trinajstić information content (AvgIpc) is 2.88. The van der Waals surface area contributed by atoms with Crippen LogP contribution in [0.5, 0.6) is 0 Å². The van der Waals surface area contributed by atoms with Gasteiger partial charge in [-0.15, -0.1) is 0 Å². The molecule has 1 saturated heterocycles. The number of nitrogens with one attached hydrogen (secondary N) is 2. The Kier molecular flexibility index (Phi) is 5.92. The summed E-state index contributed by atoms with van der Waals surface area (Å²) in [5.74, 6) is -0.455. The lowest BCUT2D eigenvalue weighted by atomic mass is 10.0. The second kappa shape index (κ2) is 7.59. The van der Waals surface area contributed by atoms with E-state index in [1.807, 2.05) is 6.92 Å². The molecule has 0 spiro atoms. The number of aromatic nitrogens is 2. The van der Waals surface area contributed by atoms with E-state index in [2.05, 4.69) is 15.3 Å². The molecule has 1 fully saturated rings. The number of aromatic amines is 1. The van der Waals surface area contributed by atoms with E-state index in [1.165, 1.54) is 4.90 Å². The molecule has 0 saturated carbocycles. The standard InChI is InChI=1S/C16H24ClFN4O3/c1-5-10-12(17)21-13(19-10)14(23)20-11-6-7-22(8-9(11)18)15(24)25-16(2,3)4/h9,11H,5-8H2,1-4H3,(H,19,21)(H,20,23)/t9-,11-/m1/s1. The largest absolute Gasteiger partial charge is 0.444 e. The second-order valence-electron chi connectivity index (χ2n) is 7.02. The molecule has 1 aliphatic heterocycles. The lowest BCUT2D eigenvalue weighted by molar-refractivity contribution is 0.00969. The Balaban J connectivity index is 1.92. The van der Waals surface area contributed by atoms with Crippen LogP contribution in [0.15, 0.2) is 0 Å². The summed E-state index contributed by atoms with van der Waals surface area (Å²) in [4.78, 5) is 32.3. The molecule has 1 aliphatic rings. The number of rotatable bonds is 3. The summed E-state index contributed by atoms with van der Waals surface area (Å²) < 4.78 is 19.6. The molecule has 0 bridgehead atoms. The Bertz CT molecular complexity index is 644. The third kappa shape index (κ3) is 5.07. The Morgan fingerprint density at radius 1 is 1.48 bits per heavy atom. The third-order valence-corrected chi connectivity index (χ3v) is 4.12. The summed E-state index contributed by atoms with van der Waals surface area (Å²) >= 11 is 5.91. The van der Waals surface area contributed by atoms with Gasteiger partial charge in [-0.25, -0.2) is 14.2 Å². The number of hydrogen-bond acceptors (Lipinski definition) is 4. The Labute approximate surface area is 151 Å². The van der Waals surface area contributed by atoms with Gasteiger partial charge in [-0.3, -0.25) is 4.79 Å². The molecule has 2 amide bonds. The van der Waals surface area contributed by atoms with E-state index in [9.17, 15) is 14.0 Å². The number of imidazole rings is 1. The summed E-state index contributed by atoms with van der Waals surface area (Å²) in [7, 11) is 0. The average molecular weight is 375 g/mol. The maximum absolute atomic E-state index is 14.4. The van der Waals surface area contributed by atoms with Gasteiger partial charge in [0.1, 0.15) is 11.8 Å². The topological polar surface area (TPSA) is 87.3 Å². The molecule has 0 aromatic carbocycles. The van der Waals surface area contributed by atoms with Gasteiger partial charge in [0, 0.05) is 6.54 Å². The monoisotopic (exact) mass is 374 g/mol. The molecule has 2 atom stereocenters. The van der Waals surface area contributed by atoms with E-state index in [0.717, 1.165) is 0 Å². The number of likely N-dealkylation sites (tertiary alicyclic amines) is 1. The van der Waals surface area contributed by atoms with Gasteiger partial charge in [0.05, 0.1) is 18.3 Å². The van der Waals surface area contributed by atoms with Gasteiger partial charge in [-0.2, -0.15) is 0 Å². The molecule has 2 N–H and O–H groups in total. The van der Waals surface area contributed by atoms with Gasteiger partial charge in [0.2, 0.25) is 0 Å². The second-order valence-corrected chi connectivity index (χ2v) is 7.38. The van der Waals surface area contributed by atoms with Crippen molar-refractivity contribution in [3.8, 4) is 0 Å². The number of nitrogens with zero attached hydrogens (tertiary/aromatic N) is 2. The van der Waals surface area contributed by atoms with Crippen LogP contribution in [-0.4, -0.2) is 57.8 Å². The highest BCUT2D eigenvalue weighted by atomic mass is 35.5. The fourth-order valence-electron chi connectivity index (χ4n) is 2.53. The minimum absolute atomic E-state index is 0.0589. The van der Waals surface area contributed by atoms with Crippen molar-refractivity contribution in [2.45, 2.75) is 58.4 Å². The highest BCUT2D eigenvalue weighted by molar-refractivity contribution is 6.30. The van der Waals surface area contributed by atoms with Crippen molar-refractivity contribution < 1.29 is 18.7 Å². The zero-order valence-corrected chi connectivity index (χ0v) is 15.6. The van der Waals surface area contributed by atoms with Crippen LogP contribution in [0.1, 0.15) is 50.4 Å². The Morgan fingerprint density at radius 3 is 2.68 bits per heavy atom. The fraction of sp³-hybridized carbons (Fsp3) is 0.688. The van der Waals surface area contributed by atoms with Crippen molar-refractivity contribution in [2.24, 2.45) is 0 Å². The maximum Gasteiger partial charge on any atom is 0.410 e. The number of carbonyl (C=O) groups excluding carboxylic acids is 2. The van der Waals surface area contributed by atoms with Crippen molar-refractivity contribution in [3.05, 3.63) is 16.7 Å². The molecule has 7 nitrogen and oxygen atoms in total. The summed E-state index contributed by atoms with van der Waals surface area (Å²) in [6.07, 6.45) is -1.04. The quantitative estimate of drug-likeness (QED) is 0.851. The molecular formula is C16H24ClFN4O3. The highest BCUT2D eigenvalue weighted by Crippen LogP contribution is 2.19.